The van der Waals surface area contributed by atoms with Crippen LogP contribution in [-0.2, 0) is 0 Å². The van der Waals surface area contributed by atoms with Gasteiger partial charge in [0, 0.05) is 23.2 Å². The molecule has 3 rings (SSSR count). The van der Waals surface area contributed by atoms with E-state index in [0.717, 1.165) is 0 Å². The van der Waals surface area contributed by atoms with Gasteiger partial charge in [0.05, 0.1) is 17.7 Å². The molecule has 0 radical (unpaired) electrons. The number of nitro benzene ring substituents is 1. The molecule has 1 aromatic heterocycles. The Balaban J connectivity index is 0.00000109. The highest BCUT2D eigenvalue weighted by atomic mass is 16.6. The molecule has 0 saturated carbocycles. The smallest absolute Gasteiger partial charge is 0.269 e. The number of non-ortho nitro benzene ring substituents is 1. The summed E-state index contributed by atoms with van der Waals surface area (Å²) in [6.07, 6.45) is 0.611. The lowest BCUT2D eigenvalue weighted by Gasteiger charge is -2.05. The fraction of sp³-hybridized carbons (Fsp3) is 0.118. The number of benzene rings is 2. The lowest BCUT2D eigenvalue weighted by atomic mass is 10.2. The second-order valence-electron chi connectivity index (χ2n) is 4.75. The van der Waals surface area contributed by atoms with Crippen LogP contribution >= 0.6 is 0 Å². The second-order valence-corrected chi connectivity index (χ2v) is 4.75. The van der Waals surface area contributed by atoms with Crippen molar-refractivity contribution in [2.75, 3.05) is 19.5 Å². The number of fused-ring (bicyclic) bond motifs is 1. The molecule has 25 heavy (non-hydrogen) atoms. The van der Waals surface area contributed by atoms with Crippen molar-refractivity contribution in [3.05, 3.63) is 58.3 Å². The average molecular weight is 343 g/mol. The topological polar surface area (TPSA) is 121 Å². The van der Waals surface area contributed by atoms with E-state index in [9.17, 15) is 14.9 Å². The molecule has 2 aromatic carbocycles. The molecule has 0 saturated heterocycles. The van der Waals surface area contributed by atoms with Crippen LogP contribution in [0, 0.1) is 10.1 Å². The van der Waals surface area contributed by atoms with Crippen LogP contribution in [-0.4, -0.2) is 25.4 Å². The van der Waals surface area contributed by atoms with Gasteiger partial charge >= 0.3 is 0 Å². The van der Waals surface area contributed by atoms with E-state index in [2.05, 4.69) is 11.1 Å². The third-order valence-electron chi connectivity index (χ3n) is 3.38. The zero-order valence-electron chi connectivity index (χ0n) is 13.7. The molecule has 8 heteroatoms. The first-order chi connectivity index (χ1) is 12.1. The van der Waals surface area contributed by atoms with Gasteiger partial charge in [-0.2, -0.15) is 0 Å². The van der Waals surface area contributed by atoms with E-state index < -0.39 is 4.92 Å². The van der Waals surface area contributed by atoms with Gasteiger partial charge in [0.1, 0.15) is 11.3 Å². The Labute approximate surface area is 143 Å². The number of furan rings is 1. The minimum Gasteiger partial charge on any atom is -0.497 e. The van der Waals surface area contributed by atoms with Crippen molar-refractivity contribution in [3.63, 3.8) is 0 Å². The van der Waals surface area contributed by atoms with Crippen molar-refractivity contribution in [1.82, 2.24) is 0 Å². The van der Waals surface area contributed by atoms with E-state index in [1.165, 1.54) is 19.2 Å². The molecule has 0 fully saturated rings. The number of carbonyl (C=O) groups excluding carboxylic acids is 1. The quantitative estimate of drug-likeness (QED) is 0.413. The van der Waals surface area contributed by atoms with Crippen molar-refractivity contribution in [2.45, 2.75) is 0 Å². The fourth-order valence-electron chi connectivity index (χ4n) is 2.25. The molecular formula is C17H17N3O5. The molecule has 0 aliphatic rings. The molecule has 0 amide bonds. The summed E-state index contributed by atoms with van der Waals surface area (Å²) < 4.78 is 10.7. The van der Waals surface area contributed by atoms with Crippen molar-refractivity contribution >= 4 is 34.3 Å². The monoisotopic (exact) mass is 343 g/mol. The highest BCUT2D eigenvalue weighted by Crippen LogP contribution is 2.34. The summed E-state index contributed by atoms with van der Waals surface area (Å²) in [5.41, 5.74) is 6.12. The van der Waals surface area contributed by atoms with Gasteiger partial charge in [0.2, 0.25) is 0 Å². The molecule has 0 spiro atoms. The Bertz CT molecular complexity index is 887. The van der Waals surface area contributed by atoms with Gasteiger partial charge < -0.3 is 20.2 Å². The zero-order valence-corrected chi connectivity index (χ0v) is 13.7. The van der Waals surface area contributed by atoms with Gasteiger partial charge in [-0.3, -0.25) is 14.9 Å². The van der Waals surface area contributed by atoms with Crippen LogP contribution in [0.15, 0.2) is 46.9 Å². The normalized spacial score (nSPS) is 9.88. The maximum absolute atomic E-state index is 11.2. The molecule has 0 bridgehead atoms. The number of hydrogen-bond donors (Lipinski definition) is 2. The Hall–Kier alpha value is -3.39. The van der Waals surface area contributed by atoms with E-state index in [4.69, 9.17) is 9.15 Å². The number of nitrogens with zero attached hydrogens (tertiary/aromatic N) is 1. The third-order valence-corrected chi connectivity index (χ3v) is 3.38. The Morgan fingerprint density at radius 1 is 1.20 bits per heavy atom. The highest BCUT2D eigenvalue weighted by Gasteiger charge is 2.15. The van der Waals surface area contributed by atoms with Crippen molar-refractivity contribution in [3.8, 4) is 5.75 Å². The number of aldehydes is 1. The van der Waals surface area contributed by atoms with Gasteiger partial charge in [-0.25, -0.2) is 0 Å². The fourth-order valence-corrected chi connectivity index (χ4v) is 2.25. The average Bonchev–Trinajstić information content (AvgIpc) is 3.00. The van der Waals surface area contributed by atoms with Gasteiger partial charge in [0.25, 0.3) is 5.69 Å². The summed E-state index contributed by atoms with van der Waals surface area (Å²) in [7, 11) is 3.05. The number of nitro groups is 1. The highest BCUT2D eigenvalue weighted by molar-refractivity contribution is 6.01. The molecule has 0 atom stereocenters. The maximum atomic E-state index is 11.2. The van der Waals surface area contributed by atoms with E-state index in [0.29, 0.717) is 34.4 Å². The maximum Gasteiger partial charge on any atom is 0.269 e. The Kier molecular flexibility index (Phi) is 5.70. The van der Waals surface area contributed by atoms with Crippen molar-refractivity contribution < 1.29 is 18.9 Å². The summed E-state index contributed by atoms with van der Waals surface area (Å²) in [6, 6.07) is 11.1. The molecular weight excluding hydrogens is 326 g/mol. The summed E-state index contributed by atoms with van der Waals surface area (Å²) in [5, 5.41) is 14.4. The number of nitrogens with one attached hydrogen (secondary N) is 1. The minimum absolute atomic E-state index is 0.00937. The van der Waals surface area contributed by atoms with Crippen LogP contribution in [0.4, 0.5) is 17.1 Å². The van der Waals surface area contributed by atoms with Crippen molar-refractivity contribution in [2.24, 2.45) is 5.73 Å². The first-order valence-corrected chi connectivity index (χ1v) is 7.27. The molecule has 8 nitrogen and oxygen atoms in total. The Morgan fingerprint density at radius 3 is 2.44 bits per heavy atom. The Morgan fingerprint density at radius 2 is 1.88 bits per heavy atom. The number of hydrogen-bond acceptors (Lipinski definition) is 7. The van der Waals surface area contributed by atoms with Crippen molar-refractivity contribution in [1.29, 1.82) is 0 Å². The van der Waals surface area contributed by atoms with Gasteiger partial charge in [0.15, 0.2) is 12.0 Å². The van der Waals surface area contributed by atoms with Gasteiger partial charge in [-0.05, 0) is 37.4 Å². The molecule has 0 unspecified atom stereocenters. The molecule has 1 heterocycles. The first-order valence-electron chi connectivity index (χ1n) is 7.27. The minimum atomic E-state index is -0.473. The van der Waals surface area contributed by atoms with E-state index in [1.54, 1.807) is 37.4 Å². The van der Waals surface area contributed by atoms with E-state index in [1.807, 2.05) is 0 Å². The predicted molar refractivity (Wildman–Crippen MR) is 94.6 cm³/mol. The van der Waals surface area contributed by atoms with E-state index >= 15 is 0 Å². The summed E-state index contributed by atoms with van der Waals surface area (Å²) in [5.74, 6) is 0.772. The summed E-state index contributed by atoms with van der Waals surface area (Å²) in [4.78, 5) is 21.4. The first kappa shape index (κ1) is 18.0. The standard InChI is InChI=1S/C16H12N2O5.CH5N/c1-22-12-6-7-14-13(8-12)16(15(9-19)23-14)17-10-2-4-11(5-3-10)18(20)21;1-2/h2-9,17H,1H3;2H2,1H3. The van der Waals surface area contributed by atoms with E-state index in [-0.39, 0.29) is 11.4 Å². The van der Waals surface area contributed by atoms with Crippen LogP contribution in [0.3, 0.4) is 0 Å². The number of carbonyl (C=O) groups is 1. The lowest BCUT2D eigenvalue weighted by molar-refractivity contribution is -0.384. The van der Waals surface area contributed by atoms with Gasteiger partial charge in [-0.15, -0.1) is 0 Å². The number of ether oxygens (including phenoxy) is 1. The predicted octanol–water partition coefficient (Wildman–Crippen LogP) is 3.48. The number of methoxy groups -OCH3 is 1. The van der Waals surface area contributed by atoms with Crippen LogP contribution in [0.1, 0.15) is 10.6 Å². The molecule has 0 aliphatic heterocycles. The van der Waals surface area contributed by atoms with Crippen LogP contribution in [0.25, 0.3) is 11.0 Å². The third kappa shape index (κ3) is 3.75. The van der Waals surface area contributed by atoms with Crippen LogP contribution in [0.2, 0.25) is 0 Å². The van der Waals surface area contributed by atoms with Crippen LogP contribution in [0.5, 0.6) is 5.75 Å². The number of anilines is 2. The van der Waals surface area contributed by atoms with Gasteiger partial charge in [-0.1, -0.05) is 0 Å². The summed E-state index contributed by atoms with van der Waals surface area (Å²) >= 11 is 0. The lowest BCUT2D eigenvalue weighted by Crippen LogP contribution is -1.94. The SMILES string of the molecule is CN.COc1ccc2oc(C=O)c(Nc3ccc([N+](=O)[O-])cc3)c2c1. The number of rotatable bonds is 5. The second kappa shape index (κ2) is 7.93. The molecule has 130 valence electrons. The zero-order chi connectivity index (χ0) is 18.4. The summed E-state index contributed by atoms with van der Waals surface area (Å²) in [6.45, 7) is 0. The molecule has 3 N–H and O–H groups in total. The molecule has 0 aliphatic carbocycles. The molecule has 3 aromatic rings. The largest absolute Gasteiger partial charge is 0.497 e. The van der Waals surface area contributed by atoms with Crippen LogP contribution < -0.4 is 15.8 Å². The number of nitrogens with two attached hydrogens (primary N) is 1.